The minimum atomic E-state index is -1.25. The van der Waals surface area contributed by atoms with Crippen LogP contribution in [0.1, 0.15) is 20.7 Å². The highest BCUT2D eigenvalue weighted by molar-refractivity contribution is 6.34. The molecular weight excluding hydrogens is 284 g/mol. The van der Waals surface area contributed by atoms with E-state index in [9.17, 15) is 14.7 Å². The van der Waals surface area contributed by atoms with E-state index in [1.165, 1.54) is 30.6 Å². The number of carboxylic acids is 1. The summed E-state index contributed by atoms with van der Waals surface area (Å²) in [5.41, 5.74) is 0.177. The third kappa shape index (κ3) is 2.86. The molecule has 1 aromatic carbocycles. The first-order valence-electron chi connectivity index (χ1n) is 5.46. The van der Waals surface area contributed by atoms with E-state index in [0.717, 1.165) is 6.07 Å². The van der Waals surface area contributed by atoms with Gasteiger partial charge >= 0.3 is 5.97 Å². The predicted molar refractivity (Wildman–Crippen MR) is 72.3 cm³/mol. The maximum absolute atomic E-state index is 11.9. The molecule has 0 bridgehead atoms. The van der Waals surface area contributed by atoms with Crippen molar-refractivity contribution in [3.8, 4) is 5.75 Å². The second kappa shape index (κ2) is 5.58. The van der Waals surface area contributed by atoms with E-state index in [4.69, 9.17) is 16.7 Å². The average molecular weight is 293 g/mol. The SMILES string of the molecule is O=C(O)c1ccc(NC(=O)c2cnccc2Cl)cc1O. The zero-order chi connectivity index (χ0) is 14.7. The molecule has 0 saturated heterocycles. The Bertz CT molecular complexity index is 688. The summed E-state index contributed by atoms with van der Waals surface area (Å²) < 4.78 is 0. The number of hydrogen-bond acceptors (Lipinski definition) is 4. The fourth-order valence-electron chi connectivity index (χ4n) is 1.53. The monoisotopic (exact) mass is 292 g/mol. The van der Waals surface area contributed by atoms with Crippen LogP contribution in [-0.4, -0.2) is 27.1 Å². The number of nitrogens with zero attached hydrogens (tertiary/aromatic N) is 1. The van der Waals surface area contributed by atoms with Crippen molar-refractivity contribution in [1.29, 1.82) is 0 Å². The molecule has 2 aromatic rings. The number of hydrogen-bond donors (Lipinski definition) is 3. The molecule has 1 amide bonds. The highest BCUT2D eigenvalue weighted by Gasteiger charge is 2.13. The van der Waals surface area contributed by atoms with Gasteiger partial charge < -0.3 is 15.5 Å². The van der Waals surface area contributed by atoms with E-state index >= 15 is 0 Å². The molecule has 7 heteroatoms. The third-order valence-electron chi connectivity index (χ3n) is 2.50. The van der Waals surface area contributed by atoms with Crippen LogP contribution < -0.4 is 5.32 Å². The molecule has 0 atom stereocenters. The van der Waals surface area contributed by atoms with Gasteiger partial charge in [-0.15, -0.1) is 0 Å². The summed E-state index contributed by atoms with van der Waals surface area (Å²) in [5.74, 6) is -2.20. The van der Waals surface area contributed by atoms with Crippen LogP contribution in [0.25, 0.3) is 0 Å². The van der Waals surface area contributed by atoms with Crippen molar-refractivity contribution in [3.63, 3.8) is 0 Å². The molecular formula is C13H9ClN2O4. The summed E-state index contributed by atoms with van der Waals surface area (Å²) in [4.78, 5) is 26.5. The molecule has 0 aliphatic rings. The van der Waals surface area contributed by atoms with Crippen molar-refractivity contribution in [2.75, 3.05) is 5.32 Å². The fourth-order valence-corrected chi connectivity index (χ4v) is 1.72. The first-order chi connectivity index (χ1) is 9.49. The van der Waals surface area contributed by atoms with Gasteiger partial charge in [0.05, 0.1) is 10.6 Å². The van der Waals surface area contributed by atoms with Crippen molar-refractivity contribution >= 4 is 29.2 Å². The summed E-state index contributed by atoms with van der Waals surface area (Å²) in [6.45, 7) is 0. The van der Waals surface area contributed by atoms with Crippen LogP contribution in [0.4, 0.5) is 5.69 Å². The molecule has 2 rings (SSSR count). The highest BCUT2D eigenvalue weighted by atomic mass is 35.5. The molecule has 0 unspecified atom stereocenters. The molecule has 0 saturated carbocycles. The lowest BCUT2D eigenvalue weighted by Gasteiger charge is -2.07. The number of carbonyl (C=O) groups excluding carboxylic acids is 1. The number of rotatable bonds is 3. The number of carbonyl (C=O) groups is 2. The van der Waals surface area contributed by atoms with Crippen molar-refractivity contribution in [2.24, 2.45) is 0 Å². The minimum Gasteiger partial charge on any atom is -0.507 e. The van der Waals surface area contributed by atoms with E-state index in [0.29, 0.717) is 0 Å². The summed E-state index contributed by atoms with van der Waals surface area (Å²) in [7, 11) is 0. The van der Waals surface area contributed by atoms with Crippen molar-refractivity contribution in [2.45, 2.75) is 0 Å². The molecule has 0 radical (unpaired) electrons. The number of carboxylic acid groups (broad SMARTS) is 1. The van der Waals surface area contributed by atoms with Gasteiger partial charge in [0.25, 0.3) is 5.91 Å². The Morgan fingerprint density at radius 3 is 2.55 bits per heavy atom. The quantitative estimate of drug-likeness (QED) is 0.806. The number of aromatic nitrogens is 1. The van der Waals surface area contributed by atoms with Gasteiger partial charge in [-0.3, -0.25) is 9.78 Å². The normalized spacial score (nSPS) is 10.1. The maximum atomic E-state index is 11.9. The predicted octanol–water partition coefficient (Wildman–Crippen LogP) is 2.39. The zero-order valence-electron chi connectivity index (χ0n) is 10.0. The Kier molecular flexibility index (Phi) is 3.86. The van der Waals surface area contributed by atoms with Gasteiger partial charge in [0, 0.05) is 24.1 Å². The Labute approximate surface area is 118 Å². The molecule has 0 fully saturated rings. The molecule has 1 heterocycles. The highest BCUT2D eigenvalue weighted by Crippen LogP contribution is 2.23. The van der Waals surface area contributed by atoms with E-state index in [2.05, 4.69) is 10.3 Å². The lowest BCUT2D eigenvalue weighted by atomic mass is 10.1. The number of nitrogens with one attached hydrogen (secondary N) is 1. The maximum Gasteiger partial charge on any atom is 0.339 e. The van der Waals surface area contributed by atoms with Crippen LogP contribution in [0, 0.1) is 0 Å². The first kappa shape index (κ1) is 13.8. The molecule has 102 valence electrons. The minimum absolute atomic E-state index is 0.177. The van der Waals surface area contributed by atoms with E-state index in [-0.39, 0.29) is 21.8 Å². The van der Waals surface area contributed by atoms with Gasteiger partial charge in [0.2, 0.25) is 0 Å². The van der Waals surface area contributed by atoms with Gasteiger partial charge in [-0.05, 0) is 18.2 Å². The summed E-state index contributed by atoms with van der Waals surface area (Å²) in [6.07, 6.45) is 2.76. The second-order valence-electron chi connectivity index (χ2n) is 3.85. The van der Waals surface area contributed by atoms with E-state index < -0.39 is 17.6 Å². The van der Waals surface area contributed by atoms with Crippen LogP contribution in [0.5, 0.6) is 5.75 Å². The topological polar surface area (TPSA) is 99.5 Å². The zero-order valence-corrected chi connectivity index (χ0v) is 10.8. The molecule has 1 aromatic heterocycles. The number of halogens is 1. The standard InChI is InChI=1S/C13H9ClN2O4/c14-10-3-4-15-6-9(10)12(18)16-7-1-2-8(13(19)20)11(17)5-7/h1-6,17H,(H,16,18)(H,19,20). The largest absolute Gasteiger partial charge is 0.507 e. The van der Waals surface area contributed by atoms with Crippen molar-refractivity contribution in [1.82, 2.24) is 4.98 Å². The van der Waals surface area contributed by atoms with Crippen molar-refractivity contribution < 1.29 is 19.8 Å². The molecule has 6 nitrogen and oxygen atoms in total. The fraction of sp³-hybridized carbons (Fsp3) is 0. The lowest BCUT2D eigenvalue weighted by Crippen LogP contribution is -2.13. The van der Waals surface area contributed by atoms with E-state index in [1.54, 1.807) is 0 Å². The molecule has 3 N–H and O–H groups in total. The first-order valence-corrected chi connectivity index (χ1v) is 5.84. The number of anilines is 1. The van der Waals surface area contributed by atoms with E-state index in [1.807, 2.05) is 0 Å². The van der Waals surface area contributed by atoms with Gasteiger partial charge in [0.1, 0.15) is 11.3 Å². The van der Waals surface area contributed by atoms with Crippen molar-refractivity contribution in [3.05, 3.63) is 52.8 Å². The van der Waals surface area contributed by atoms with Gasteiger partial charge in [0.15, 0.2) is 0 Å². The van der Waals surface area contributed by atoms with Gasteiger partial charge in [-0.2, -0.15) is 0 Å². The lowest BCUT2D eigenvalue weighted by molar-refractivity contribution is 0.0693. The van der Waals surface area contributed by atoms with Crippen LogP contribution in [-0.2, 0) is 0 Å². The average Bonchev–Trinajstić information content (AvgIpc) is 2.38. The molecule has 0 spiro atoms. The van der Waals surface area contributed by atoms with Crippen LogP contribution in [0.3, 0.4) is 0 Å². The number of phenols is 1. The smallest absolute Gasteiger partial charge is 0.339 e. The number of benzene rings is 1. The van der Waals surface area contributed by atoms with Crippen LogP contribution in [0.15, 0.2) is 36.7 Å². The second-order valence-corrected chi connectivity index (χ2v) is 4.25. The number of aromatic carboxylic acids is 1. The number of aromatic hydroxyl groups is 1. The van der Waals surface area contributed by atoms with Gasteiger partial charge in [-0.25, -0.2) is 4.79 Å². The number of pyridine rings is 1. The Morgan fingerprint density at radius 2 is 1.95 bits per heavy atom. The summed E-state index contributed by atoms with van der Waals surface area (Å²) in [6, 6.07) is 5.18. The number of amides is 1. The van der Waals surface area contributed by atoms with Gasteiger partial charge in [-0.1, -0.05) is 11.6 Å². The third-order valence-corrected chi connectivity index (χ3v) is 2.83. The summed E-state index contributed by atoms with van der Waals surface area (Å²) in [5, 5.41) is 21.0. The van der Waals surface area contributed by atoms with Crippen LogP contribution >= 0.6 is 11.6 Å². The molecule has 0 aliphatic heterocycles. The Hall–Kier alpha value is -2.60. The van der Waals surface area contributed by atoms with Crippen LogP contribution in [0.2, 0.25) is 5.02 Å². The summed E-state index contributed by atoms with van der Waals surface area (Å²) >= 11 is 5.86. The Morgan fingerprint density at radius 1 is 1.20 bits per heavy atom. The Balaban J connectivity index is 2.23. The molecule has 20 heavy (non-hydrogen) atoms. The molecule has 0 aliphatic carbocycles.